The summed E-state index contributed by atoms with van der Waals surface area (Å²) in [6.45, 7) is 2.65. The lowest BCUT2D eigenvalue weighted by Crippen LogP contribution is -2.43. The molecule has 10 nitrogen and oxygen atoms in total. The van der Waals surface area contributed by atoms with Crippen LogP contribution in [0.15, 0.2) is 29.2 Å². The van der Waals surface area contributed by atoms with Gasteiger partial charge in [-0.3, -0.25) is 4.57 Å². The number of nitrogens with two attached hydrogens (primary N) is 1. The fraction of sp³-hybridized carbons (Fsp3) is 0.500. The van der Waals surface area contributed by atoms with Crippen molar-refractivity contribution >= 4 is 17.8 Å². The predicted octanol–water partition coefficient (Wildman–Crippen LogP) is -0.748. The monoisotopic (exact) mass is 403 g/mol. The van der Waals surface area contributed by atoms with Gasteiger partial charge in [-0.05, 0) is 13.0 Å². The first kappa shape index (κ1) is 21.4. The molecule has 0 bridgehead atoms. The number of halogens is 2. The minimum absolute atomic E-state index is 0.0669. The molecule has 2 heterocycles. The summed E-state index contributed by atoms with van der Waals surface area (Å²) in [5.41, 5.74) is 4.54. The number of ether oxygens (including phenoxy) is 3. The summed E-state index contributed by atoms with van der Waals surface area (Å²) in [4.78, 5) is 37.8. The molecule has 3 N–H and O–H groups in total. The first-order chi connectivity index (χ1) is 13.0. The molecule has 154 valence electrons. The van der Waals surface area contributed by atoms with Crippen LogP contribution >= 0.6 is 0 Å². The van der Waals surface area contributed by atoms with Gasteiger partial charge in [0.25, 0.3) is 0 Å². The molecule has 3 atom stereocenters. The number of esters is 2. The quantitative estimate of drug-likeness (QED) is 0.444. The number of aliphatic hydroxyl groups is 1. The van der Waals surface area contributed by atoms with Crippen LogP contribution in [0.4, 0.5) is 14.6 Å². The molecule has 1 fully saturated rings. The van der Waals surface area contributed by atoms with Crippen LogP contribution in [-0.2, 0) is 30.3 Å². The second kappa shape index (κ2) is 8.44. The van der Waals surface area contributed by atoms with E-state index >= 15 is 0 Å². The molecule has 28 heavy (non-hydrogen) atoms. The van der Waals surface area contributed by atoms with E-state index in [4.69, 9.17) is 15.2 Å². The molecule has 1 aliphatic rings. The SMILES string of the molecule is C=C(C)C(=O)OCC(=O)OCC1O[C@@H](Cn2ccc(N)nc2=O)C(F)(F)[C@@H]1O. The van der Waals surface area contributed by atoms with Crippen LogP contribution < -0.4 is 11.4 Å². The highest BCUT2D eigenvalue weighted by molar-refractivity contribution is 5.88. The molecule has 1 aliphatic heterocycles. The molecular formula is C16H19F2N3O7. The fourth-order valence-electron chi connectivity index (χ4n) is 2.33. The number of hydrogen-bond donors (Lipinski definition) is 2. The van der Waals surface area contributed by atoms with E-state index < -0.39 is 61.6 Å². The molecule has 1 aromatic rings. The fourth-order valence-corrected chi connectivity index (χ4v) is 2.33. The van der Waals surface area contributed by atoms with E-state index in [-0.39, 0.29) is 11.4 Å². The van der Waals surface area contributed by atoms with Crippen LogP contribution in [0, 0.1) is 0 Å². The summed E-state index contributed by atoms with van der Waals surface area (Å²) >= 11 is 0. The van der Waals surface area contributed by atoms with Crippen molar-refractivity contribution in [2.24, 2.45) is 0 Å². The van der Waals surface area contributed by atoms with Crippen molar-refractivity contribution in [1.29, 1.82) is 0 Å². The number of aliphatic hydroxyl groups excluding tert-OH is 1. The lowest BCUT2D eigenvalue weighted by atomic mass is 10.1. The third kappa shape index (κ3) is 4.89. The zero-order chi connectivity index (χ0) is 21.1. The van der Waals surface area contributed by atoms with Gasteiger partial charge in [0.05, 0.1) is 6.54 Å². The molecule has 1 saturated heterocycles. The number of nitrogens with zero attached hydrogens (tertiary/aromatic N) is 2. The first-order valence-electron chi connectivity index (χ1n) is 8.05. The molecular weight excluding hydrogens is 384 g/mol. The van der Waals surface area contributed by atoms with Gasteiger partial charge in [0, 0.05) is 11.8 Å². The highest BCUT2D eigenvalue weighted by atomic mass is 19.3. The Morgan fingerprint density at radius 2 is 2.14 bits per heavy atom. The van der Waals surface area contributed by atoms with Gasteiger partial charge in [-0.2, -0.15) is 4.98 Å². The minimum Gasteiger partial charge on any atom is -0.460 e. The second-order valence-corrected chi connectivity index (χ2v) is 6.11. The van der Waals surface area contributed by atoms with Gasteiger partial charge < -0.3 is 25.1 Å². The summed E-state index contributed by atoms with van der Waals surface area (Å²) in [6, 6.07) is 1.25. The highest BCUT2D eigenvalue weighted by Crippen LogP contribution is 2.37. The van der Waals surface area contributed by atoms with Gasteiger partial charge in [-0.25, -0.2) is 23.2 Å². The summed E-state index contributed by atoms with van der Waals surface area (Å²) < 4.78 is 43.7. The standard InChI is InChI=1S/C16H19F2N3O7/c1-8(2)14(24)27-7-12(22)26-6-9-13(23)16(17,18)10(28-9)5-21-4-3-11(19)20-15(21)25/h3-4,9-10,13,23H,1,5-7H2,2H3,(H2,19,20,25)/t9?,10-,13+/m0/s1. The van der Waals surface area contributed by atoms with Crippen molar-refractivity contribution in [3.8, 4) is 0 Å². The van der Waals surface area contributed by atoms with Crippen molar-refractivity contribution in [3.05, 3.63) is 34.9 Å². The van der Waals surface area contributed by atoms with E-state index in [1.807, 2.05) is 0 Å². The van der Waals surface area contributed by atoms with E-state index in [1.165, 1.54) is 19.2 Å². The molecule has 0 saturated carbocycles. The maximum atomic E-state index is 14.3. The third-order valence-corrected chi connectivity index (χ3v) is 3.85. The maximum Gasteiger partial charge on any atom is 0.349 e. The van der Waals surface area contributed by atoms with Crippen molar-refractivity contribution in [1.82, 2.24) is 9.55 Å². The van der Waals surface area contributed by atoms with Gasteiger partial charge in [0.1, 0.15) is 30.7 Å². The zero-order valence-electron chi connectivity index (χ0n) is 14.8. The Kier molecular flexibility index (Phi) is 6.46. The lowest BCUT2D eigenvalue weighted by molar-refractivity contribution is -0.160. The van der Waals surface area contributed by atoms with Crippen LogP contribution in [0.2, 0.25) is 0 Å². The smallest absolute Gasteiger partial charge is 0.349 e. The Labute approximate surface area is 157 Å². The summed E-state index contributed by atoms with van der Waals surface area (Å²) in [7, 11) is 0. The Morgan fingerprint density at radius 3 is 2.75 bits per heavy atom. The maximum absolute atomic E-state index is 14.3. The van der Waals surface area contributed by atoms with Crippen LogP contribution in [0.25, 0.3) is 0 Å². The summed E-state index contributed by atoms with van der Waals surface area (Å²) in [5.74, 6) is -5.62. The Balaban J connectivity index is 1.94. The Hall–Kier alpha value is -2.86. The van der Waals surface area contributed by atoms with Crippen LogP contribution in [-0.4, -0.2) is 64.0 Å². The van der Waals surface area contributed by atoms with E-state index in [2.05, 4.69) is 16.3 Å². The van der Waals surface area contributed by atoms with E-state index in [1.54, 1.807) is 0 Å². The number of alkyl halides is 2. The number of aromatic nitrogens is 2. The van der Waals surface area contributed by atoms with Crippen molar-refractivity contribution < 1.29 is 37.7 Å². The zero-order valence-corrected chi connectivity index (χ0v) is 14.8. The van der Waals surface area contributed by atoms with Gasteiger partial charge >= 0.3 is 23.6 Å². The molecule has 2 rings (SSSR count). The first-order valence-corrected chi connectivity index (χ1v) is 8.05. The number of carbonyl (C=O) groups excluding carboxylic acids is 2. The van der Waals surface area contributed by atoms with E-state index in [0.717, 1.165) is 4.57 Å². The second-order valence-electron chi connectivity index (χ2n) is 6.11. The number of anilines is 1. The molecule has 0 radical (unpaired) electrons. The molecule has 1 unspecified atom stereocenters. The van der Waals surface area contributed by atoms with E-state index in [0.29, 0.717) is 0 Å². The average Bonchev–Trinajstić information content (AvgIpc) is 2.83. The normalized spacial score (nSPS) is 23.2. The summed E-state index contributed by atoms with van der Waals surface area (Å²) in [6.07, 6.45) is -4.52. The lowest BCUT2D eigenvalue weighted by Gasteiger charge is -2.20. The molecule has 0 aromatic carbocycles. The topological polar surface area (TPSA) is 143 Å². The minimum atomic E-state index is -3.72. The Bertz CT molecular complexity index is 827. The molecule has 1 aromatic heterocycles. The van der Waals surface area contributed by atoms with Gasteiger partial charge in [0.15, 0.2) is 6.61 Å². The van der Waals surface area contributed by atoms with Crippen molar-refractivity contribution in [3.63, 3.8) is 0 Å². The van der Waals surface area contributed by atoms with Crippen molar-refractivity contribution in [2.45, 2.75) is 37.7 Å². The summed E-state index contributed by atoms with van der Waals surface area (Å²) in [5, 5.41) is 9.80. The molecule has 12 heteroatoms. The van der Waals surface area contributed by atoms with E-state index in [9.17, 15) is 28.3 Å². The number of hydrogen-bond acceptors (Lipinski definition) is 9. The van der Waals surface area contributed by atoms with Gasteiger partial charge in [-0.15, -0.1) is 0 Å². The largest absolute Gasteiger partial charge is 0.460 e. The van der Waals surface area contributed by atoms with Crippen molar-refractivity contribution in [2.75, 3.05) is 18.9 Å². The van der Waals surface area contributed by atoms with Crippen LogP contribution in [0.5, 0.6) is 0 Å². The molecule has 0 aliphatic carbocycles. The van der Waals surface area contributed by atoms with Crippen LogP contribution in [0.3, 0.4) is 0 Å². The number of rotatable bonds is 7. The molecule has 0 amide bonds. The third-order valence-electron chi connectivity index (χ3n) is 3.85. The number of carbonyl (C=O) groups is 2. The Morgan fingerprint density at radius 1 is 1.46 bits per heavy atom. The predicted molar refractivity (Wildman–Crippen MR) is 89.3 cm³/mol. The molecule has 0 spiro atoms. The van der Waals surface area contributed by atoms with Gasteiger partial charge in [-0.1, -0.05) is 6.58 Å². The van der Waals surface area contributed by atoms with Gasteiger partial charge in [0.2, 0.25) is 0 Å². The van der Waals surface area contributed by atoms with Crippen LogP contribution in [0.1, 0.15) is 6.92 Å². The highest BCUT2D eigenvalue weighted by Gasteiger charge is 2.58. The number of nitrogen functional groups attached to an aromatic ring is 1. The average molecular weight is 403 g/mol.